The van der Waals surface area contributed by atoms with Gasteiger partial charge in [0.25, 0.3) is 0 Å². The second-order valence-electron chi connectivity index (χ2n) is 5.42. The molecule has 5 heteroatoms. The summed E-state index contributed by atoms with van der Waals surface area (Å²) in [5.41, 5.74) is 2.47. The highest BCUT2D eigenvalue weighted by molar-refractivity contribution is 5.47. The minimum atomic E-state index is 0.246. The van der Waals surface area contributed by atoms with E-state index in [9.17, 15) is 0 Å². The SMILES string of the molecule is CNCc1cnc(N2CCCN(CCO)CC2)c(C)c1. The van der Waals surface area contributed by atoms with Crippen molar-refractivity contribution in [3.05, 3.63) is 23.4 Å². The first-order valence-electron chi connectivity index (χ1n) is 7.43. The van der Waals surface area contributed by atoms with Crippen LogP contribution in [0.25, 0.3) is 0 Å². The van der Waals surface area contributed by atoms with E-state index in [0.717, 1.165) is 51.5 Å². The molecule has 0 radical (unpaired) electrons. The van der Waals surface area contributed by atoms with Gasteiger partial charge < -0.3 is 15.3 Å². The Morgan fingerprint density at radius 2 is 2.15 bits per heavy atom. The zero-order valence-electron chi connectivity index (χ0n) is 12.6. The highest BCUT2D eigenvalue weighted by atomic mass is 16.3. The maximum absolute atomic E-state index is 9.04. The first-order chi connectivity index (χ1) is 9.74. The quantitative estimate of drug-likeness (QED) is 0.827. The molecule has 1 aromatic rings. The normalized spacial score (nSPS) is 17.2. The number of aryl methyl sites for hydroxylation is 1. The number of hydrogen-bond donors (Lipinski definition) is 2. The highest BCUT2D eigenvalue weighted by Crippen LogP contribution is 2.19. The summed E-state index contributed by atoms with van der Waals surface area (Å²) in [6.45, 7) is 8.11. The van der Waals surface area contributed by atoms with E-state index >= 15 is 0 Å². The maximum Gasteiger partial charge on any atom is 0.131 e. The van der Waals surface area contributed by atoms with Crippen LogP contribution >= 0.6 is 0 Å². The van der Waals surface area contributed by atoms with Crippen molar-refractivity contribution < 1.29 is 5.11 Å². The molecule has 1 fully saturated rings. The molecule has 0 bridgehead atoms. The maximum atomic E-state index is 9.04. The van der Waals surface area contributed by atoms with Crippen molar-refractivity contribution in [2.75, 3.05) is 51.3 Å². The fourth-order valence-corrected chi connectivity index (χ4v) is 2.81. The zero-order chi connectivity index (χ0) is 14.4. The van der Waals surface area contributed by atoms with Gasteiger partial charge >= 0.3 is 0 Å². The molecule has 2 heterocycles. The summed E-state index contributed by atoms with van der Waals surface area (Å²) in [5, 5.41) is 12.2. The van der Waals surface area contributed by atoms with Gasteiger partial charge in [0.15, 0.2) is 0 Å². The van der Waals surface area contributed by atoms with Crippen molar-refractivity contribution in [3.8, 4) is 0 Å². The second kappa shape index (κ2) is 7.57. The lowest BCUT2D eigenvalue weighted by molar-refractivity contribution is 0.204. The molecule has 2 rings (SSSR count). The van der Waals surface area contributed by atoms with Gasteiger partial charge in [-0.25, -0.2) is 4.98 Å². The Hall–Kier alpha value is -1.17. The molecule has 1 saturated heterocycles. The number of nitrogens with one attached hydrogen (secondary N) is 1. The number of aromatic nitrogens is 1. The Morgan fingerprint density at radius 3 is 2.85 bits per heavy atom. The molecule has 5 nitrogen and oxygen atoms in total. The smallest absolute Gasteiger partial charge is 0.131 e. The number of hydrogen-bond acceptors (Lipinski definition) is 5. The number of anilines is 1. The van der Waals surface area contributed by atoms with Crippen LogP contribution in [0.2, 0.25) is 0 Å². The van der Waals surface area contributed by atoms with Crippen molar-refractivity contribution in [1.29, 1.82) is 0 Å². The van der Waals surface area contributed by atoms with Gasteiger partial charge in [-0.1, -0.05) is 0 Å². The summed E-state index contributed by atoms with van der Waals surface area (Å²) in [6.07, 6.45) is 3.09. The predicted octanol–water partition coefficient (Wildman–Crippen LogP) is 0.614. The summed E-state index contributed by atoms with van der Waals surface area (Å²) in [7, 11) is 1.95. The first kappa shape index (κ1) is 15.2. The summed E-state index contributed by atoms with van der Waals surface area (Å²) >= 11 is 0. The van der Waals surface area contributed by atoms with Crippen LogP contribution in [0.1, 0.15) is 17.5 Å². The molecule has 0 aromatic carbocycles. The highest BCUT2D eigenvalue weighted by Gasteiger charge is 2.17. The Bertz CT molecular complexity index is 424. The van der Waals surface area contributed by atoms with Crippen LogP contribution < -0.4 is 10.2 Å². The number of aliphatic hydroxyl groups excluding tert-OH is 1. The van der Waals surface area contributed by atoms with Gasteiger partial charge in [-0.15, -0.1) is 0 Å². The van der Waals surface area contributed by atoms with Crippen molar-refractivity contribution >= 4 is 5.82 Å². The van der Waals surface area contributed by atoms with E-state index in [4.69, 9.17) is 5.11 Å². The molecule has 1 aromatic heterocycles. The topological polar surface area (TPSA) is 51.6 Å². The van der Waals surface area contributed by atoms with Gasteiger partial charge in [0.2, 0.25) is 0 Å². The Kier molecular flexibility index (Phi) is 5.76. The molecule has 20 heavy (non-hydrogen) atoms. The predicted molar refractivity (Wildman–Crippen MR) is 82.1 cm³/mol. The molecule has 0 unspecified atom stereocenters. The minimum absolute atomic E-state index is 0.246. The van der Waals surface area contributed by atoms with Crippen molar-refractivity contribution in [3.63, 3.8) is 0 Å². The molecule has 1 aliphatic heterocycles. The van der Waals surface area contributed by atoms with Gasteiger partial charge in [0.05, 0.1) is 6.61 Å². The van der Waals surface area contributed by atoms with Crippen LogP contribution in [-0.4, -0.2) is 61.4 Å². The van der Waals surface area contributed by atoms with Gasteiger partial charge in [-0.3, -0.25) is 4.90 Å². The molecule has 0 atom stereocenters. The summed E-state index contributed by atoms with van der Waals surface area (Å²) in [4.78, 5) is 9.35. The van der Waals surface area contributed by atoms with E-state index in [2.05, 4.69) is 33.1 Å². The zero-order valence-corrected chi connectivity index (χ0v) is 12.6. The van der Waals surface area contributed by atoms with E-state index in [1.54, 1.807) is 0 Å². The monoisotopic (exact) mass is 278 g/mol. The first-order valence-corrected chi connectivity index (χ1v) is 7.43. The van der Waals surface area contributed by atoms with Crippen LogP contribution in [0.4, 0.5) is 5.82 Å². The largest absolute Gasteiger partial charge is 0.395 e. The van der Waals surface area contributed by atoms with Crippen LogP contribution in [-0.2, 0) is 6.54 Å². The van der Waals surface area contributed by atoms with Crippen molar-refractivity contribution in [2.24, 2.45) is 0 Å². The van der Waals surface area contributed by atoms with E-state index in [-0.39, 0.29) is 6.61 Å². The molecule has 0 amide bonds. The number of β-amino-alcohol motifs (C(OH)–C–C–N with tert-alkyl or cyclic N) is 1. The average molecular weight is 278 g/mol. The van der Waals surface area contributed by atoms with Gasteiger partial charge in [-0.05, 0) is 44.1 Å². The number of pyridine rings is 1. The van der Waals surface area contributed by atoms with Gasteiger partial charge in [0.1, 0.15) is 5.82 Å². The molecule has 112 valence electrons. The molecule has 0 saturated carbocycles. The molecule has 0 aliphatic carbocycles. The van der Waals surface area contributed by atoms with E-state index in [0.29, 0.717) is 0 Å². The third-order valence-electron chi connectivity index (χ3n) is 3.79. The lowest BCUT2D eigenvalue weighted by atomic mass is 10.2. The van der Waals surface area contributed by atoms with E-state index in [1.807, 2.05) is 13.2 Å². The van der Waals surface area contributed by atoms with E-state index < -0.39 is 0 Å². The third-order valence-corrected chi connectivity index (χ3v) is 3.79. The average Bonchev–Trinajstić information content (AvgIpc) is 2.66. The molecular weight excluding hydrogens is 252 g/mol. The minimum Gasteiger partial charge on any atom is -0.395 e. The number of aliphatic hydroxyl groups is 1. The van der Waals surface area contributed by atoms with Gasteiger partial charge in [0, 0.05) is 38.9 Å². The lowest BCUT2D eigenvalue weighted by Crippen LogP contribution is -2.33. The third kappa shape index (κ3) is 3.91. The fraction of sp³-hybridized carbons (Fsp3) is 0.667. The summed E-state index contributed by atoms with van der Waals surface area (Å²) in [6, 6.07) is 2.22. The van der Waals surface area contributed by atoms with Crippen LogP contribution in [0.5, 0.6) is 0 Å². The molecule has 1 aliphatic rings. The van der Waals surface area contributed by atoms with Crippen LogP contribution in [0.3, 0.4) is 0 Å². The Morgan fingerprint density at radius 1 is 1.30 bits per heavy atom. The molecule has 2 N–H and O–H groups in total. The van der Waals surface area contributed by atoms with Crippen molar-refractivity contribution in [2.45, 2.75) is 19.9 Å². The van der Waals surface area contributed by atoms with E-state index in [1.165, 1.54) is 11.1 Å². The second-order valence-corrected chi connectivity index (χ2v) is 5.42. The van der Waals surface area contributed by atoms with Crippen LogP contribution in [0, 0.1) is 6.92 Å². The number of rotatable bonds is 5. The molecule has 0 spiro atoms. The fourth-order valence-electron chi connectivity index (χ4n) is 2.81. The Labute approximate surface area is 121 Å². The lowest BCUT2D eigenvalue weighted by Gasteiger charge is -2.24. The standard InChI is InChI=1S/C15H26N4O/c1-13-10-14(11-16-2)12-17-15(13)19-5-3-4-18(6-7-19)8-9-20/h10,12,16,20H,3-9,11H2,1-2H3. The number of nitrogens with zero attached hydrogens (tertiary/aromatic N) is 3. The summed E-state index contributed by atoms with van der Waals surface area (Å²) in [5.74, 6) is 1.11. The molecular formula is C15H26N4O. The van der Waals surface area contributed by atoms with Crippen molar-refractivity contribution in [1.82, 2.24) is 15.2 Å². The van der Waals surface area contributed by atoms with Crippen LogP contribution in [0.15, 0.2) is 12.3 Å². The Balaban J connectivity index is 2.03. The summed E-state index contributed by atoms with van der Waals surface area (Å²) < 4.78 is 0. The van der Waals surface area contributed by atoms with Gasteiger partial charge in [-0.2, -0.15) is 0 Å².